The van der Waals surface area contributed by atoms with Crippen LogP contribution in [0.15, 0.2) is 27.6 Å². The molecule has 0 bridgehead atoms. The third-order valence-corrected chi connectivity index (χ3v) is 3.82. The van der Waals surface area contributed by atoms with Crippen molar-refractivity contribution in [2.75, 3.05) is 13.2 Å². The molecule has 0 saturated carbocycles. The number of carbonyl (C=O) groups excluding carboxylic acids is 1. The molecule has 8 heteroatoms. The molecule has 0 amide bonds. The molecule has 0 aliphatic rings. The van der Waals surface area contributed by atoms with E-state index in [0.29, 0.717) is 4.47 Å². The van der Waals surface area contributed by atoms with Gasteiger partial charge in [-0.3, -0.25) is 4.79 Å². The minimum Gasteiger partial charge on any atom is -0.465 e. The number of sulfonamides is 1. The molecule has 1 rings (SSSR count). The number of ether oxygens (including phenoxy) is 1. The maximum Gasteiger partial charge on any atom is 0.321 e. The summed E-state index contributed by atoms with van der Waals surface area (Å²) in [6.07, 6.45) is 0. The molecule has 0 aromatic heterocycles. The lowest BCUT2D eigenvalue weighted by atomic mass is 10.3. The van der Waals surface area contributed by atoms with Crippen molar-refractivity contribution in [2.45, 2.75) is 11.8 Å². The maximum atomic E-state index is 13.5. The van der Waals surface area contributed by atoms with Gasteiger partial charge >= 0.3 is 5.97 Å². The van der Waals surface area contributed by atoms with Crippen LogP contribution >= 0.6 is 15.9 Å². The van der Waals surface area contributed by atoms with E-state index in [-0.39, 0.29) is 6.61 Å². The van der Waals surface area contributed by atoms with Crippen molar-refractivity contribution < 1.29 is 22.3 Å². The van der Waals surface area contributed by atoms with E-state index in [2.05, 4.69) is 20.7 Å². The van der Waals surface area contributed by atoms with E-state index in [1.54, 1.807) is 6.92 Å². The largest absolute Gasteiger partial charge is 0.465 e. The molecular formula is C10H11BrFNO4S. The second kappa shape index (κ2) is 6.26. The lowest BCUT2D eigenvalue weighted by Crippen LogP contribution is -2.31. The van der Waals surface area contributed by atoms with E-state index in [4.69, 9.17) is 0 Å². The lowest BCUT2D eigenvalue weighted by Gasteiger charge is -2.07. The Kier molecular flexibility index (Phi) is 5.24. The van der Waals surface area contributed by atoms with E-state index < -0.39 is 33.3 Å². The fourth-order valence-corrected chi connectivity index (χ4v) is 2.50. The predicted molar refractivity (Wildman–Crippen MR) is 65.9 cm³/mol. The van der Waals surface area contributed by atoms with Crippen LogP contribution in [0.25, 0.3) is 0 Å². The molecule has 0 radical (unpaired) electrons. The second-order valence-corrected chi connectivity index (χ2v) is 5.86. The van der Waals surface area contributed by atoms with Gasteiger partial charge in [0.05, 0.1) is 6.61 Å². The highest BCUT2D eigenvalue weighted by atomic mass is 79.9. The smallest absolute Gasteiger partial charge is 0.321 e. The molecule has 0 aliphatic carbocycles. The predicted octanol–water partition coefficient (Wildman–Crippen LogP) is 1.43. The average Bonchev–Trinajstić information content (AvgIpc) is 2.26. The van der Waals surface area contributed by atoms with Crippen LogP contribution in [0.5, 0.6) is 0 Å². The van der Waals surface area contributed by atoms with Crippen LogP contribution in [0.2, 0.25) is 0 Å². The molecule has 1 aromatic carbocycles. The van der Waals surface area contributed by atoms with Crippen molar-refractivity contribution in [1.82, 2.24) is 4.72 Å². The Balaban J connectivity index is 2.83. The Morgan fingerprint density at radius 2 is 2.17 bits per heavy atom. The summed E-state index contributed by atoms with van der Waals surface area (Å²) in [7, 11) is -4.07. The standard InChI is InChI=1S/C10H11BrFNO4S/c1-2-17-10(14)6-13-18(15,16)9-4-3-7(11)5-8(9)12/h3-5,13H,2,6H2,1H3. The molecule has 100 valence electrons. The van der Waals surface area contributed by atoms with Crippen molar-refractivity contribution in [2.24, 2.45) is 0 Å². The number of hydrogen-bond donors (Lipinski definition) is 1. The molecule has 0 unspecified atom stereocenters. The van der Waals surface area contributed by atoms with E-state index in [9.17, 15) is 17.6 Å². The van der Waals surface area contributed by atoms with Crippen LogP contribution in [-0.4, -0.2) is 27.5 Å². The summed E-state index contributed by atoms with van der Waals surface area (Å²) in [5.74, 6) is -1.63. The van der Waals surface area contributed by atoms with Crippen LogP contribution < -0.4 is 4.72 Å². The SMILES string of the molecule is CCOC(=O)CNS(=O)(=O)c1ccc(Br)cc1F. The summed E-state index contributed by atoms with van der Waals surface area (Å²) in [5, 5.41) is 0. The molecule has 1 aromatic rings. The van der Waals surface area contributed by atoms with Gasteiger partial charge in [-0.1, -0.05) is 15.9 Å². The molecule has 1 N–H and O–H groups in total. The average molecular weight is 340 g/mol. The van der Waals surface area contributed by atoms with E-state index in [1.807, 2.05) is 4.72 Å². The Labute approximate surface area is 113 Å². The van der Waals surface area contributed by atoms with E-state index >= 15 is 0 Å². The van der Waals surface area contributed by atoms with Crippen LogP contribution in [0.3, 0.4) is 0 Å². The molecule has 0 fully saturated rings. The molecule has 0 saturated heterocycles. The normalized spacial score (nSPS) is 11.3. The van der Waals surface area contributed by atoms with Gasteiger partial charge in [-0.2, -0.15) is 4.72 Å². The van der Waals surface area contributed by atoms with Crippen molar-refractivity contribution in [3.63, 3.8) is 0 Å². The van der Waals surface area contributed by atoms with Gasteiger partial charge in [-0.25, -0.2) is 12.8 Å². The Morgan fingerprint density at radius 1 is 1.50 bits per heavy atom. The van der Waals surface area contributed by atoms with Crippen LogP contribution in [0.4, 0.5) is 4.39 Å². The number of carbonyl (C=O) groups is 1. The summed E-state index contributed by atoms with van der Waals surface area (Å²) in [6.45, 7) is 1.21. The quantitative estimate of drug-likeness (QED) is 0.823. The number of hydrogen-bond acceptors (Lipinski definition) is 4. The molecule has 0 aliphatic heterocycles. The van der Waals surface area contributed by atoms with Crippen molar-refractivity contribution >= 4 is 31.9 Å². The van der Waals surface area contributed by atoms with Gasteiger partial charge in [0.2, 0.25) is 10.0 Å². The minimum atomic E-state index is -4.07. The van der Waals surface area contributed by atoms with Crippen LogP contribution in [0.1, 0.15) is 6.92 Å². The molecule has 0 heterocycles. The van der Waals surface area contributed by atoms with Crippen molar-refractivity contribution in [1.29, 1.82) is 0 Å². The molecule has 5 nitrogen and oxygen atoms in total. The molecule has 18 heavy (non-hydrogen) atoms. The third-order valence-electron chi connectivity index (χ3n) is 1.90. The summed E-state index contributed by atoms with van der Waals surface area (Å²) in [4.78, 5) is 10.5. The van der Waals surface area contributed by atoms with Crippen molar-refractivity contribution in [3.05, 3.63) is 28.5 Å². The van der Waals surface area contributed by atoms with Gasteiger partial charge in [0.15, 0.2) is 0 Å². The fraction of sp³-hybridized carbons (Fsp3) is 0.300. The summed E-state index contributed by atoms with van der Waals surface area (Å²) >= 11 is 3.02. The maximum absolute atomic E-state index is 13.5. The Bertz CT molecular complexity index is 547. The molecular weight excluding hydrogens is 329 g/mol. The number of halogens is 2. The van der Waals surface area contributed by atoms with Gasteiger partial charge in [0.25, 0.3) is 0 Å². The minimum absolute atomic E-state index is 0.146. The second-order valence-electron chi connectivity index (χ2n) is 3.20. The highest BCUT2D eigenvalue weighted by Gasteiger charge is 2.20. The number of benzene rings is 1. The molecule has 0 atom stereocenters. The zero-order valence-corrected chi connectivity index (χ0v) is 11.8. The first-order valence-electron chi connectivity index (χ1n) is 4.97. The summed E-state index contributed by atoms with van der Waals surface area (Å²) in [6, 6.07) is 3.52. The van der Waals surface area contributed by atoms with Gasteiger partial charge in [0, 0.05) is 4.47 Å². The fourth-order valence-electron chi connectivity index (χ4n) is 1.14. The molecule has 0 spiro atoms. The Morgan fingerprint density at radius 3 is 2.72 bits per heavy atom. The first kappa shape index (κ1) is 15.1. The number of esters is 1. The lowest BCUT2D eigenvalue weighted by molar-refractivity contribution is -0.141. The summed E-state index contributed by atoms with van der Waals surface area (Å²) in [5.41, 5.74) is 0. The zero-order valence-electron chi connectivity index (χ0n) is 9.44. The zero-order chi connectivity index (χ0) is 13.8. The van der Waals surface area contributed by atoms with Gasteiger partial charge in [-0.15, -0.1) is 0 Å². The van der Waals surface area contributed by atoms with Crippen LogP contribution in [0, 0.1) is 5.82 Å². The van der Waals surface area contributed by atoms with E-state index in [1.165, 1.54) is 6.07 Å². The van der Waals surface area contributed by atoms with Gasteiger partial charge < -0.3 is 4.74 Å². The first-order valence-corrected chi connectivity index (χ1v) is 7.24. The first-order chi connectivity index (χ1) is 8.36. The van der Waals surface area contributed by atoms with E-state index in [0.717, 1.165) is 12.1 Å². The van der Waals surface area contributed by atoms with Gasteiger partial charge in [-0.05, 0) is 25.1 Å². The monoisotopic (exact) mass is 339 g/mol. The third kappa shape index (κ3) is 4.04. The highest BCUT2D eigenvalue weighted by molar-refractivity contribution is 9.10. The highest BCUT2D eigenvalue weighted by Crippen LogP contribution is 2.18. The number of nitrogens with one attached hydrogen (secondary N) is 1. The topological polar surface area (TPSA) is 72.5 Å². The van der Waals surface area contributed by atoms with Crippen LogP contribution in [-0.2, 0) is 19.6 Å². The number of rotatable bonds is 5. The Hall–Kier alpha value is -0.990. The van der Waals surface area contributed by atoms with Crippen molar-refractivity contribution in [3.8, 4) is 0 Å². The van der Waals surface area contributed by atoms with Gasteiger partial charge in [0.1, 0.15) is 17.3 Å². The summed E-state index contributed by atoms with van der Waals surface area (Å²) < 4.78 is 43.8.